The fourth-order valence-corrected chi connectivity index (χ4v) is 2.20. The van der Waals surface area contributed by atoms with Crippen LogP contribution in [0.5, 0.6) is 0 Å². The lowest BCUT2D eigenvalue weighted by Crippen LogP contribution is -2.07. The average molecular weight is 330 g/mol. The van der Waals surface area contributed by atoms with Gasteiger partial charge in [-0.15, -0.1) is 5.10 Å². The summed E-state index contributed by atoms with van der Waals surface area (Å²) in [5.41, 5.74) is 6.96. The minimum Gasteiger partial charge on any atom is -0.397 e. The molecule has 0 radical (unpaired) electrons. The molecular weight excluding hydrogens is 313 g/mol. The molecule has 1 aromatic carbocycles. The molecule has 0 atom stereocenters. The summed E-state index contributed by atoms with van der Waals surface area (Å²) < 4.78 is 7.14. The predicted molar refractivity (Wildman–Crippen MR) is 83.4 cm³/mol. The third kappa shape index (κ3) is 4.06. The van der Waals surface area contributed by atoms with Gasteiger partial charge >= 0.3 is 0 Å². The highest BCUT2D eigenvalue weighted by molar-refractivity contribution is 6.43. The Morgan fingerprint density at radius 2 is 2.10 bits per heavy atom. The average Bonchev–Trinajstić information content (AvgIpc) is 2.92. The molecule has 1 heterocycles. The van der Waals surface area contributed by atoms with E-state index < -0.39 is 0 Å². The van der Waals surface area contributed by atoms with E-state index in [2.05, 4.69) is 22.4 Å². The van der Waals surface area contributed by atoms with Gasteiger partial charge in [-0.25, -0.2) is 4.68 Å². The maximum atomic E-state index is 6.04. The Bertz CT molecular complexity index is 579. The van der Waals surface area contributed by atoms with Gasteiger partial charge in [-0.05, 0) is 35.4 Å². The number of nitrogens with two attached hydrogens (primary N) is 1. The second-order valence-corrected chi connectivity index (χ2v) is 5.34. The fourth-order valence-electron chi connectivity index (χ4n) is 1.86. The molecule has 1 aromatic heterocycles. The molecule has 2 N–H and O–H groups in total. The quantitative estimate of drug-likeness (QED) is 0.623. The minimum absolute atomic E-state index is 0.340. The second-order valence-electron chi connectivity index (χ2n) is 4.55. The van der Waals surface area contributed by atoms with E-state index in [1.165, 1.54) is 0 Å². The van der Waals surface area contributed by atoms with E-state index in [1.54, 1.807) is 16.8 Å². The number of aryl methyl sites for hydroxylation is 1. The summed E-state index contributed by atoms with van der Waals surface area (Å²) in [6.07, 6.45) is 1.84. The Hall–Kier alpha value is -1.37. The van der Waals surface area contributed by atoms with Crippen LogP contribution in [0, 0.1) is 0 Å². The zero-order chi connectivity index (χ0) is 15.2. The molecule has 0 spiro atoms. The molecule has 0 aliphatic heterocycles. The van der Waals surface area contributed by atoms with Crippen LogP contribution in [0.3, 0.4) is 0 Å². The molecule has 21 heavy (non-hydrogen) atoms. The van der Waals surface area contributed by atoms with Crippen molar-refractivity contribution in [2.45, 2.75) is 26.3 Å². The standard InChI is InChI=1S/C13H17Cl2N5O/c1-2-5-21-6-3-4-20-13(17-18-19-20)9-7-10(14)12(15)11(16)8-9/h7-8H,2-6,16H2,1H3. The lowest BCUT2D eigenvalue weighted by molar-refractivity contribution is 0.128. The predicted octanol–water partition coefficient (Wildman–Crippen LogP) is 3.05. The summed E-state index contributed by atoms with van der Waals surface area (Å²) in [5, 5.41) is 12.4. The van der Waals surface area contributed by atoms with Gasteiger partial charge < -0.3 is 10.5 Å². The van der Waals surface area contributed by atoms with Crippen molar-refractivity contribution >= 4 is 28.9 Å². The number of hydrogen-bond donors (Lipinski definition) is 1. The smallest absolute Gasteiger partial charge is 0.182 e. The number of aromatic nitrogens is 4. The summed E-state index contributed by atoms with van der Waals surface area (Å²) in [6, 6.07) is 3.42. The van der Waals surface area contributed by atoms with E-state index in [4.69, 9.17) is 33.7 Å². The Kier molecular flexibility index (Phi) is 5.78. The molecule has 0 aliphatic carbocycles. The highest BCUT2D eigenvalue weighted by Gasteiger charge is 2.12. The molecule has 8 heteroatoms. The molecule has 0 saturated carbocycles. The Labute approximate surface area is 133 Å². The maximum Gasteiger partial charge on any atom is 0.182 e. The summed E-state index contributed by atoms with van der Waals surface area (Å²) in [6.45, 7) is 4.18. The van der Waals surface area contributed by atoms with Crippen LogP contribution in [-0.2, 0) is 11.3 Å². The summed E-state index contributed by atoms with van der Waals surface area (Å²) in [4.78, 5) is 0. The Morgan fingerprint density at radius 3 is 2.81 bits per heavy atom. The third-order valence-corrected chi connectivity index (χ3v) is 3.67. The van der Waals surface area contributed by atoms with Crippen molar-refractivity contribution in [3.8, 4) is 11.4 Å². The molecule has 0 aliphatic rings. The van der Waals surface area contributed by atoms with Gasteiger partial charge in [0.25, 0.3) is 0 Å². The molecule has 0 bridgehead atoms. The first-order chi connectivity index (χ1) is 10.1. The van der Waals surface area contributed by atoms with Crippen molar-refractivity contribution in [3.63, 3.8) is 0 Å². The number of hydrogen-bond acceptors (Lipinski definition) is 5. The molecule has 6 nitrogen and oxygen atoms in total. The molecule has 0 fully saturated rings. The number of tetrazole rings is 1. The van der Waals surface area contributed by atoms with Gasteiger partial charge in [-0.2, -0.15) is 0 Å². The van der Waals surface area contributed by atoms with E-state index in [1.807, 2.05) is 0 Å². The van der Waals surface area contributed by atoms with Gasteiger partial charge in [0.05, 0.1) is 15.7 Å². The van der Waals surface area contributed by atoms with Crippen LogP contribution in [0.1, 0.15) is 19.8 Å². The summed E-state index contributed by atoms with van der Waals surface area (Å²) in [5.74, 6) is 0.607. The summed E-state index contributed by atoms with van der Waals surface area (Å²) >= 11 is 12.0. The molecule has 0 unspecified atom stereocenters. The van der Waals surface area contributed by atoms with Gasteiger partial charge in [-0.3, -0.25) is 0 Å². The third-order valence-electron chi connectivity index (χ3n) is 2.85. The lowest BCUT2D eigenvalue weighted by Gasteiger charge is -2.07. The van der Waals surface area contributed by atoms with E-state index >= 15 is 0 Å². The van der Waals surface area contributed by atoms with Crippen LogP contribution in [0.25, 0.3) is 11.4 Å². The van der Waals surface area contributed by atoms with Gasteiger partial charge in [0.15, 0.2) is 5.82 Å². The normalized spacial score (nSPS) is 11.0. The van der Waals surface area contributed by atoms with Gasteiger partial charge in [0.1, 0.15) is 0 Å². The van der Waals surface area contributed by atoms with Crippen molar-refractivity contribution in [2.75, 3.05) is 18.9 Å². The number of benzene rings is 1. The second kappa shape index (κ2) is 7.59. The molecule has 2 rings (SSSR count). The highest BCUT2D eigenvalue weighted by Crippen LogP contribution is 2.32. The number of nitrogen functional groups attached to an aromatic ring is 1. The van der Waals surface area contributed by atoms with Crippen molar-refractivity contribution in [1.29, 1.82) is 0 Å². The first-order valence-electron chi connectivity index (χ1n) is 6.72. The number of rotatable bonds is 7. The van der Waals surface area contributed by atoms with E-state index in [-0.39, 0.29) is 0 Å². The van der Waals surface area contributed by atoms with E-state index in [9.17, 15) is 0 Å². The zero-order valence-electron chi connectivity index (χ0n) is 11.7. The Balaban J connectivity index is 2.09. The van der Waals surface area contributed by atoms with E-state index in [0.717, 1.165) is 25.0 Å². The van der Waals surface area contributed by atoms with Crippen LogP contribution in [0.2, 0.25) is 10.0 Å². The monoisotopic (exact) mass is 329 g/mol. The number of anilines is 1. The van der Waals surface area contributed by atoms with Crippen molar-refractivity contribution < 1.29 is 4.74 Å². The van der Waals surface area contributed by atoms with Crippen LogP contribution in [-0.4, -0.2) is 33.4 Å². The van der Waals surface area contributed by atoms with Crippen LogP contribution in [0.15, 0.2) is 12.1 Å². The first-order valence-corrected chi connectivity index (χ1v) is 7.48. The maximum absolute atomic E-state index is 6.04. The van der Waals surface area contributed by atoms with E-state index in [0.29, 0.717) is 34.7 Å². The Morgan fingerprint density at radius 1 is 1.29 bits per heavy atom. The summed E-state index contributed by atoms with van der Waals surface area (Å²) in [7, 11) is 0. The van der Waals surface area contributed by atoms with Crippen molar-refractivity contribution in [1.82, 2.24) is 20.2 Å². The first kappa shape index (κ1) is 16.0. The minimum atomic E-state index is 0.340. The zero-order valence-corrected chi connectivity index (χ0v) is 13.2. The topological polar surface area (TPSA) is 78.8 Å². The lowest BCUT2D eigenvalue weighted by atomic mass is 10.2. The fraction of sp³-hybridized carbons (Fsp3) is 0.462. The highest BCUT2D eigenvalue weighted by atomic mass is 35.5. The van der Waals surface area contributed by atoms with Crippen LogP contribution in [0.4, 0.5) is 5.69 Å². The molecular formula is C13H17Cl2N5O. The molecule has 0 saturated heterocycles. The van der Waals surface area contributed by atoms with Crippen molar-refractivity contribution in [3.05, 3.63) is 22.2 Å². The molecule has 114 valence electrons. The SMILES string of the molecule is CCCOCCCn1nnnc1-c1cc(N)c(Cl)c(Cl)c1. The van der Waals surface area contributed by atoms with Crippen molar-refractivity contribution in [2.24, 2.45) is 0 Å². The van der Waals surface area contributed by atoms with Crippen LogP contribution < -0.4 is 5.73 Å². The van der Waals surface area contributed by atoms with Gasteiger partial charge in [0, 0.05) is 25.3 Å². The van der Waals surface area contributed by atoms with Gasteiger partial charge in [-0.1, -0.05) is 30.1 Å². The molecule has 2 aromatic rings. The number of nitrogens with zero attached hydrogens (tertiary/aromatic N) is 4. The number of ether oxygens (including phenoxy) is 1. The largest absolute Gasteiger partial charge is 0.397 e. The van der Waals surface area contributed by atoms with Crippen LogP contribution >= 0.6 is 23.2 Å². The number of halogens is 2. The van der Waals surface area contributed by atoms with Gasteiger partial charge in [0.2, 0.25) is 0 Å². The molecule has 0 amide bonds.